The highest BCUT2D eigenvalue weighted by Gasteiger charge is 2.39. The first-order chi connectivity index (χ1) is 8.66. The summed E-state index contributed by atoms with van der Waals surface area (Å²) in [5, 5.41) is 12.1. The molecule has 2 aliphatic rings. The van der Waals surface area contributed by atoms with Crippen molar-refractivity contribution in [2.24, 2.45) is 0 Å². The predicted molar refractivity (Wildman–Crippen MR) is 65.6 cm³/mol. The van der Waals surface area contributed by atoms with Crippen LogP contribution in [0.15, 0.2) is 24.3 Å². The molecule has 1 aromatic rings. The van der Waals surface area contributed by atoms with Crippen molar-refractivity contribution < 1.29 is 14.7 Å². The highest BCUT2D eigenvalue weighted by atomic mass is 16.4. The number of carbonyl (C=O) groups is 2. The number of amides is 2. The van der Waals surface area contributed by atoms with E-state index in [2.05, 4.69) is 5.32 Å². The number of hydrogen-bond donors (Lipinski definition) is 2. The third-order valence-corrected chi connectivity index (χ3v) is 3.38. The number of carbonyl (C=O) groups excluding carboxylic acids is 1. The van der Waals surface area contributed by atoms with Crippen LogP contribution in [0.3, 0.4) is 0 Å². The lowest BCUT2D eigenvalue weighted by Gasteiger charge is -2.22. The van der Waals surface area contributed by atoms with Crippen LogP contribution in [0.4, 0.5) is 10.5 Å². The first kappa shape index (κ1) is 11.1. The van der Waals surface area contributed by atoms with Gasteiger partial charge in [0.15, 0.2) is 0 Å². The van der Waals surface area contributed by atoms with Gasteiger partial charge in [-0.2, -0.15) is 0 Å². The van der Waals surface area contributed by atoms with Gasteiger partial charge in [-0.05, 0) is 24.5 Å². The van der Waals surface area contributed by atoms with Crippen molar-refractivity contribution in [3.8, 4) is 0 Å². The van der Waals surface area contributed by atoms with Crippen LogP contribution in [0.2, 0.25) is 0 Å². The number of para-hydroxylation sites is 1. The SMILES string of the molecule is O=C(O)[C@@H]1Cc2ccccc2N1C(=O)NC1CC1. The van der Waals surface area contributed by atoms with Gasteiger partial charge in [0.25, 0.3) is 0 Å². The predicted octanol–water partition coefficient (Wildman–Crippen LogP) is 1.37. The molecule has 0 spiro atoms. The first-order valence-electron chi connectivity index (χ1n) is 6.07. The molecule has 3 rings (SSSR count). The molecule has 0 unspecified atom stereocenters. The van der Waals surface area contributed by atoms with Crippen molar-refractivity contribution in [3.05, 3.63) is 29.8 Å². The number of benzene rings is 1. The molecule has 2 amide bonds. The summed E-state index contributed by atoms with van der Waals surface area (Å²) in [5.74, 6) is -0.961. The Morgan fingerprint density at radius 3 is 2.67 bits per heavy atom. The molecule has 1 saturated carbocycles. The molecule has 1 atom stereocenters. The summed E-state index contributed by atoms with van der Waals surface area (Å²) in [7, 11) is 0. The molecule has 1 heterocycles. The van der Waals surface area contributed by atoms with E-state index in [4.69, 9.17) is 0 Å². The molecule has 0 saturated heterocycles. The van der Waals surface area contributed by atoms with Crippen LogP contribution in [0.5, 0.6) is 0 Å². The Labute approximate surface area is 104 Å². The van der Waals surface area contributed by atoms with E-state index in [1.807, 2.05) is 18.2 Å². The molecule has 18 heavy (non-hydrogen) atoms. The molecule has 5 heteroatoms. The van der Waals surface area contributed by atoms with Crippen molar-refractivity contribution in [2.45, 2.75) is 31.3 Å². The zero-order chi connectivity index (χ0) is 12.7. The monoisotopic (exact) mass is 246 g/mol. The van der Waals surface area contributed by atoms with Gasteiger partial charge in [-0.25, -0.2) is 9.59 Å². The van der Waals surface area contributed by atoms with Gasteiger partial charge in [-0.15, -0.1) is 0 Å². The molecule has 1 aliphatic carbocycles. The number of rotatable bonds is 2. The van der Waals surface area contributed by atoms with E-state index < -0.39 is 12.0 Å². The number of aliphatic carboxylic acids is 1. The quantitative estimate of drug-likeness (QED) is 0.828. The number of urea groups is 1. The largest absolute Gasteiger partial charge is 0.480 e. The lowest BCUT2D eigenvalue weighted by atomic mass is 10.1. The van der Waals surface area contributed by atoms with E-state index in [0.717, 1.165) is 18.4 Å². The highest BCUT2D eigenvalue weighted by molar-refractivity contribution is 6.01. The minimum absolute atomic E-state index is 0.222. The Morgan fingerprint density at radius 1 is 1.28 bits per heavy atom. The summed E-state index contributed by atoms with van der Waals surface area (Å²) in [6, 6.07) is 6.48. The number of nitrogens with zero attached hydrogens (tertiary/aromatic N) is 1. The second kappa shape index (κ2) is 4.01. The average Bonchev–Trinajstić information content (AvgIpc) is 3.06. The number of fused-ring (bicyclic) bond motifs is 1. The number of hydrogen-bond acceptors (Lipinski definition) is 2. The van der Waals surface area contributed by atoms with Gasteiger partial charge in [0.1, 0.15) is 6.04 Å². The van der Waals surface area contributed by atoms with Crippen molar-refractivity contribution in [1.82, 2.24) is 5.32 Å². The van der Waals surface area contributed by atoms with E-state index in [9.17, 15) is 14.7 Å². The lowest BCUT2D eigenvalue weighted by molar-refractivity contribution is -0.138. The Balaban J connectivity index is 1.91. The van der Waals surface area contributed by atoms with Crippen LogP contribution in [0.1, 0.15) is 18.4 Å². The van der Waals surface area contributed by atoms with Crippen molar-refractivity contribution in [3.63, 3.8) is 0 Å². The fourth-order valence-corrected chi connectivity index (χ4v) is 2.31. The summed E-state index contributed by atoms with van der Waals surface area (Å²) in [4.78, 5) is 24.8. The summed E-state index contributed by atoms with van der Waals surface area (Å²) >= 11 is 0. The van der Waals surface area contributed by atoms with Crippen LogP contribution < -0.4 is 10.2 Å². The molecule has 94 valence electrons. The van der Waals surface area contributed by atoms with Crippen molar-refractivity contribution in [2.75, 3.05) is 4.90 Å². The molecule has 0 bridgehead atoms. The van der Waals surface area contributed by atoms with Crippen LogP contribution >= 0.6 is 0 Å². The van der Waals surface area contributed by atoms with E-state index >= 15 is 0 Å². The van der Waals surface area contributed by atoms with Gasteiger partial charge in [0.2, 0.25) is 0 Å². The first-order valence-corrected chi connectivity index (χ1v) is 6.07. The van der Waals surface area contributed by atoms with E-state index in [-0.39, 0.29) is 12.1 Å². The second-order valence-corrected chi connectivity index (χ2v) is 4.78. The van der Waals surface area contributed by atoms with Gasteiger partial charge in [0, 0.05) is 18.2 Å². The Hall–Kier alpha value is -2.04. The Bertz CT molecular complexity index is 511. The maximum atomic E-state index is 12.1. The van der Waals surface area contributed by atoms with Crippen molar-refractivity contribution in [1.29, 1.82) is 0 Å². The van der Waals surface area contributed by atoms with E-state index in [1.165, 1.54) is 4.90 Å². The maximum Gasteiger partial charge on any atom is 0.327 e. The molecular formula is C13H14N2O3. The zero-order valence-corrected chi connectivity index (χ0v) is 9.80. The number of carboxylic acids is 1. The fraction of sp³-hybridized carbons (Fsp3) is 0.385. The van der Waals surface area contributed by atoms with Gasteiger partial charge in [-0.1, -0.05) is 18.2 Å². The Morgan fingerprint density at radius 2 is 2.00 bits per heavy atom. The standard InChI is InChI=1S/C13H14N2O3/c16-12(17)11-7-8-3-1-2-4-10(8)15(11)13(18)14-9-5-6-9/h1-4,9,11H,5-7H2,(H,14,18)(H,16,17)/t11-/m0/s1. The molecule has 5 nitrogen and oxygen atoms in total. The summed E-state index contributed by atoms with van der Waals surface area (Å²) in [6.07, 6.45) is 2.35. The smallest absolute Gasteiger partial charge is 0.327 e. The van der Waals surface area contributed by atoms with Gasteiger partial charge < -0.3 is 10.4 Å². The lowest BCUT2D eigenvalue weighted by Crippen LogP contribution is -2.48. The third-order valence-electron chi connectivity index (χ3n) is 3.38. The minimum Gasteiger partial charge on any atom is -0.480 e. The molecule has 1 aliphatic heterocycles. The minimum atomic E-state index is -0.961. The van der Waals surface area contributed by atoms with E-state index in [0.29, 0.717) is 12.1 Å². The molecule has 1 fully saturated rings. The molecular weight excluding hydrogens is 232 g/mol. The zero-order valence-electron chi connectivity index (χ0n) is 9.80. The van der Waals surface area contributed by atoms with Gasteiger partial charge >= 0.3 is 12.0 Å². The topological polar surface area (TPSA) is 69.6 Å². The van der Waals surface area contributed by atoms with Crippen LogP contribution in [0, 0.1) is 0 Å². The van der Waals surface area contributed by atoms with Gasteiger partial charge in [-0.3, -0.25) is 4.90 Å². The molecule has 0 radical (unpaired) electrons. The summed E-state index contributed by atoms with van der Waals surface area (Å²) in [5.41, 5.74) is 1.62. The number of carboxylic acid groups (broad SMARTS) is 1. The average molecular weight is 246 g/mol. The van der Waals surface area contributed by atoms with E-state index in [1.54, 1.807) is 6.07 Å². The van der Waals surface area contributed by atoms with Crippen LogP contribution in [-0.4, -0.2) is 29.2 Å². The second-order valence-electron chi connectivity index (χ2n) is 4.78. The summed E-state index contributed by atoms with van der Waals surface area (Å²) in [6.45, 7) is 0. The maximum absolute atomic E-state index is 12.1. The molecule has 0 aromatic heterocycles. The molecule has 2 N–H and O–H groups in total. The number of nitrogens with one attached hydrogen (secondary N) is 1. The Kier molecular flexibility index (Phi) is 2.47. The van der Waals surface area contributed by atoms with Gasteiger partial charge in [0.05, 0.1) is 0 Å². The van der Waals surface area contributed by atoms with Crippen molar-refractivity contribution >= 4 is 17.7 Å². The van der Waals surface area contributed by atoms with Crippen LogP contribution in [-0.2, 0) is 11.2 Å². The normalized spacial score (nSPS) is 21.6. The highest BCUT2D eigenvalue weighted by Crippen LogP contribution is 2.32. The summed E-state index contributed by atoms with van der Waals surface area (Å²) < 4.78 is 0. The third kappa shape index (κ3) is 1.81. The number of anilines is 1. The molecule has 1 aromatic carbocycles. The van der Waals surface area contributed by atoms with Crippen LogP contribution in [0.25, 0.3) is 0 Å². The fourth-order valence-electron chi connectivity index (χ4n) is 2.31.